The molecule has 1 amide bonds. The summed E-state index contributed by atoms with van der Waals surface area (Å²) in [5, 5.41) is 10.9. The molecule has 0 aliphatic carbocycles. The van der Waals surface area contributed by atoms with Crippen LogP contribution in [-0.4, -0.2) is 34.9 Å². The van der Waals surface area contributed by atoms with Crippen molar-refractivity contribution < 1.29 is 9.72 Å². The summed E-state index contributed by atoms with van der Waals surface area (Å²) < 4.78 is 0. The Hall–Kier alpha value is -2.21. The Bertz CT molecular complexity index is 534. The van der Waals surface area contributed by atoms with Crippen molar-refractivity contribution in [3.05, 3.63) is 46.0 Å². The predicted molar refractivity (Wildman–Crippen MR) is 75.9 cm³/mol. The molecule has 1 saturated heterocycles. The molecule has 6 nitrogen and oxygen atoms in total. The second-order valence-electron chi connectivity index (χ2n) is 4.81. The maximum atomic E-state index is 12.0. The number of carbonyl (C=O) groups is 1. The van der Waals surface area contributed by atoms with Crippen molar-refractivity contribution in [3.63, 3.8) is 0 Å². The lowest BCUT2D eigenvalue weighted by molar-refractivity contribution is -0.385. The van der Waals surface area contributed by atoms with Crippen LogP contribution in [0.1, 0.15) is 18.4 Å². The van der Waals surface area contributed by atoms with Gasteiger partial charge in [-0.2, -0.15) is 0 Å². The Balaban J connectivity index is 2.06. The molecule has 0 saturated carbocycles. The summed E-state index contributed by atoms with van der Waals surface area (Å²) in [6, 6.07) is 6.51. The molecule has 1 fully saturated rings. The second-order valence-corrected chi connectivity index (χ2v) is 4.81. The molecule has 0 spiro atoms. The molecule has 1 aromatic carbocycles. The first-order valence-corrected chi connectivity index (χ1v) is 6.54. The SMILES string of the molecule is NC1CCN(C(=O)/C=C/c2ccccc2[N+](=O)[O-])CC1. The maximum absolute atomic E-state index is 12.0. The standard InChI is InChI=1S/C14H17N3O3/c15-12-7-9-16(10-8-12)14(18)6-5-11-3-1-2-4-13(11)17(19)20/h1-6,12H,7-10,15H2/b6-5+. The fourth-order valence-corrected chi connectivity index (χ4v) is 2.18. The lowest BCUT2D eigenvalue weighted by Crippen LogP contribution is -2.42. The average molecular weight is 275 g/mol. The number of hydrogen-bond donors (Lipinski definition) is 1. The summed E-state index contributed by atoms with van der Waals surface area (Å²) in [5.74, 6) is -0.130. The minimum Gasteiger partial charge on any atom is -0.339 e. The van der Waals surface area contributed by atoms with Gasteiger partial charge in [0.05, 0.1) is 10.5 Å². The van der Waals surface area contributed by atoms with E-state index in [1.807, 2.05) is 0 Å². The third kappa shape index (κ3) is 3.42. The van der Waals surface area contributed by atoms with E-state index < -0.39 is 4.92 Å². The summed E-state index contributed by atoms with van der Waals surface area (Å²) in [5.41, 5.74) is 6.21. The smallest absolute Gasteiger partial charge is 0.276 e. The quantitative estimate of drug-likeness (QED) is 0.515. The summed E-state index contributed by atoms with van der Waals surface area (Å²) in [7, 11) is 0. The van der Waals surface area contributed by atoms with Gasteiger partial charge in [-0.15, -0.1) is 0 Å². The van der Waals surface area contributed by atoms with Gasteiger partial charge in [0.25, 0.3) is 5.69 Å². The van der Waals surface area contributed by atoms with Crippen LogP contribution >= 0.6 is 0 Å². The van der Waals surface area contributed by atoms with Crippen LogP contribution in [0.25, 0.3) is 6.08 Å². The van der Waals surface area contributed by atoms with Crippen LogP contribution in [-0.2, 0) is 4.79 Å². The second kappa shape index (κ2) is 6.29. The molecule has 0 bridgehead atoms. The maximum Gasteiger partial charge on any atom is 0.276 e. The number of amides is 1. The minimum atomic E-state index is -0.454. The number of likely N-dealkylation sites (tertiary alicyclic amines) is 1. The lowest BCUT2D eigenvalue weighted by atomic mass is 10.1. The zero-order valence-electron chi connectivity index (χ0n) is 11.1. The fraction of sp³-hybridized carbons (Fsp3) is 0.357. The van der Waals surface area contributed by atoms with Gasteiger partial charge in [-0.3, -0.25) is 14.9 Å². The first kappa shape index (κ1) is 14.2. The number of rotatable bonds is 3. The lowest BCUT2D eigenvalue weighted by Gasteiger charge is -2.29. The van der Waals surface area contributed by atoms with Gasteiger partial charge in [0.2, 0.25) is 5.91 Å². The Morgan fingerprint density at radius 2 is 2.00 bits per heavy atom. The molecule has 0 unspecified atom stereocenters. The molecule has 6 heteroatoms. The number of nitro groups is 1. The van der Waals surface area contributed by atoms with Crippen molar-refractivity contribution >= 4 is 17.7 Å². The molecular formula is C14H17N3O3. The zero-order valence-corrected chi connectivity index (χ0v) is 11.1. The van der Waals surface area contributed by atoms with E-state index in [9.17, 15) is 14.9 Å². The summed E-state index contributed by atoms with van der Waals surface area (Å²) in [6.45, 7) is 1.28. The molecule has 1 aromatic rings. The molecule has 1 aliphatic heterocycles. The molecular weight excluding hydrogens is 258 g/mol. The van der Waals surface area contributed by atoms with E-state index in [4.69, 9.17) is 5.73 Å². The van der Waals surface area contributed by atoms with Gasteiger partial charge in [0.15, 0.2) is 0 Å². The summed E-state index contributed by atoms with van der Waals surface area (Å²) >= 11 is 0. The highest BCUT2D eigenvalue weighted by atomic mass is 16.6. The van der Waals surface area contributed by atoms with E-state index in [1.54, 1.807) is 23.1 Å². The molecule has 2 N–H and O–H groups in total. The number of nitro benzene ring substituents is 1. The third-order valence-electron chi connectivity index (χ3n) is 3.39. The number of para-hydroxylation sites is 1. The van der Waals surface area contributed by atoms with Gasteiger partial charge < -0.3 is 10.6 Å². The Labute approximate surface area is 117 Å². The van der Waals surface area contributed by atoms with Crippen LogP contribution < -0.4 is 5.73 Å². The number of piperidine rings is 1. The van der Waals surface area contributed by atoms with Gasteiger partial charge in [0.1, 0.15) is 0 Å². The molecule has 0 atom stereocenters. The van der Waals surface area contributed by atoms with Crippen LogP contribution in [0.2, 0.25) is 0 Å². The van der Waals surface area contributed by atoms with Crippen molar-refractivity contribution in [2.75, 3.05) is 13.1 Å². The molecule has 1 heterocycles. The number of nitrogens with zero attached hydrogens (tertiary/aromatic N) is 2. The van der Waals surface area contributed by atoms with Gasteiger partial charge in [-0.1, -0.05) is 12.1 Å². The average Bonchev–Trinajstić information content (AvgIpc) is 2.45. The largest absolute Gasteiger partial charge is 0.339 e. The fourth-order valence-electron chi connectivity index (χ4n) is 2.18. The van der Waals surface area contributed by atoms with Crippen molar-refractivity contribution in [1.29, 1.82) is 0 Å². The van der Waals surface area contributed by atoms with Gasteiger partial charge >= 0.3 is 0 Å². The molecule has 106 valence electrons. The van der Waals surface area contributed by atoms with Crippen LogP contribution in [0.5, 0.6) is 0 Å². The van der Waals surface area contributed by atoms with Crippen LogP contribution in [0, 0.1) is 10.1 Å². The number of benzene rings is 1. The van der Waals surface area contributed by atoms with E-state index in [0.717, 1.165) is 12.8 Å². The number of hydrogen-bond acceptors (Lipinski definition) is 4. The Morgan fingerprint density at radius 3 is 2.65 bits per heavy atom. The molecule has 2 rings (SSSR count). The zero-order chi connectivity index (χ0) is 14.5. The molecule has 1 aliphatic rings. The van der Waals surface area contributed by atoms with Crippen LogP contribution in [0.4, 0.5) is 5.69 Å². The first-order valence-electron chi connectivity index (χ1n) is 6.54. The highest BCUT2D eigenvalue weighted by molar-refractivity contribution is 5.92. The van der Waals surface area contributed by atoms with Gasteiger partial charge in [-0.25, -0.2) is 0 Å². The van der Waals surface area contributed by atoms with E-state index in [2.05, 4.69) is 0 Å². The Kier molecular flexibility index (Phi) is 4.47. The van der Waals surface area contributed by atoms with E-state index >= 15 is 0 Å². The van der Waals surface area contributed by atoms with Crippen molar-refractivity contribution in [3.8, 4) is 0 Å². The highest BCUT2D eigenvalue weighted by Crippen LogP contribution is 2.19. The van der Waals surface area contributed by atoms with Gasteiger partial charge in [0, 0.05) is 31.3 Å². The summed E-state index contributed by atoms with van der Waals surface area (Å²) in [6.07, 6.45) is 4.48. The highest BCUT2D eigenvalue weighted by Gasteiger charge is 2.19. The predicted octanol–water partition coefficient (Wildman–Crippen LogP) is 1.56. The van der Waals surface area contributed by atoms with Crippen molar-refractivity contribution in [1.82, 2.24) is 4.90 Å². The topological polar surface area (TPSA) is 89.5 Å². The van der Waals surface area contributed by atoms with E-state index in [0.29, 0.717) is 18.7 Å². The van der Waals surface area contributed by atoms with Crippen molar-refractivity contribution in [2.24, 2.45) is 5.73 Å². The summed E-state index contributed by atoms with van der Waals surface area (Å²) in [4.78, 5) is 24.1. The van der Waals surface area contributed by atoms with Crippen LogP contribution in [0.15, 0.2) is 30.3 Å². The van der Waals surface area contributed by atoms with Gasteiger partial charge in [-0.05, 0) is 25.0 Å². The third-order valence-corrected chi connectivity index (χ3v) is 3.39. The van der Waals surface area contributed by atoms with E-state index in [-0.39, 0.29) is 17.6 Å². The first-order chi connectivity index (χ1) is 9.58. The monoisotopic (exact) mass is 275 g/mol. The molecule has 20 heavy (non-hydrogen) atoms. The normalized spacial score (nSPS) is 16.6. The molecule has 0 radical (unpaired) electrons. The molecule has 0 aromatic heterocycles. The van der Waals surface area contributed by atoms with Crippen molar-refractivity contribution in [2.45, 2.75) is 18.9 Å². The Morgan fingerprint density at radius 1 is 1.35 bits per heavy atom. The number of carbonyl (C=O) groups excluding carboxylic acids is 1. The van der Waals surface area contributed by atoms with E-state index in [1.165, 1.54) is 18.2 Å². The van der Waals surface area contributed by atoms with Crippen LogP contribution in [0.3, 0.4) is 0 Å². The number of nitrogens with two attached hydrogens (primary N) is 1. The minimum absolute atomic E-state index is 0.00258.